The molecule has 5 atom stereocenters. The molecule has 0 bridgehead atoms. The summed E-state index contributed by atoms with van der Waals surface area (Å²) >= 11 is 0. The van der Waals surface area contributed by atoms with Crippen LogP contribution in [0.15, 0.2) is 24.3 Å². The first-order chi connectivity index (χ1) is 11.7. The van der Waals surface area contributed by atoms with Crippen molar-refractivity contribution in [2.75, 3.05) is 7.11 Å². The number of carbonyl (C=O) groups is 3. The van der Waals surface area contributed by atoms with Crippen molar-refractivity contribution in [2.24, 2.45) is 0 Å². The van der Waals surface area contributed by atoms with E-state index in [-0.39, 0.29) is 0 Å². The Labute approximate surface area is 146 Å². The normalized spacial score (nSPS) is 22.0. The Hall–Kier alpha value is -2.19. The van der Waals surface area contributed by atoms with Crippen molar-refractivity contribution in [2.45, 2.75) is 57.7 Å². The van der Waals surface area contributed by atoms with Crippen LogP contribution in [0.1, 0.15) is 27.2 Å². The fourth-order valence-electron chi connectivity index (χ4n) is 2.32. The van der Waals surface area contributed by atoms with E-state index in [2.05, 4.69) is 0 Å². The molecule has 140 valence electrons. The summed E-state index contributed by atoms with van der Waals surface area (Å²) in [5, 5.41) is 10.3. The number of ether oxygens (including phenoxy) is 4. The fraction of sp³-hybridized carbons (Fsp3) is 0.588. The fourth-order valence-corrected chi connectivity index (χ4v) is 2.32. The highest BCUT2D eigenvalue weighted by atomic mass is 16.6. The average molecular weight is 356 g/mol. The van der Waals surface area contributed by atoms with E-state index in [9.17, 15) is 19.5 Å². The monoisotopic (exact) mass is 356 g/mol. The van der Waals surface area contributed by atoms with Crippen LogP contribution in [0.2, 0.25) is 0 Å². The summed E-state index contributed by atoms with van der Waals surface area (Å²) in [5.74, 6) is -1.59. The third-order valence-electron chi connectivity index (χ3n) is 3.49. The highest BCUT2D eigenvalue weighted by Gasteiger charge is 2.30. The number of esters is 3. The third-order valence-corrected chi connectivity index (χ3v) is 3.49. The lowest BCUT2D eigenvalue weighted by Gasteiger charge is -2.28. The van der Waals surface area contributed by atoms with Gasteiger partial charge in [0.15, 0.2) is 6.10 Å². The number of carbonyl (C=O) groups excluding carboxylic acids is 3. The van der Waals surface area contributed by atoms with Crippen molar-refractivity contribution in [3.8, 4) is 0 Å². The zero-order valence-corrected chi connectivity index (χ0v) is 14.7. The van der Waals surface area contributed by atoms with Gasteiger partial charge in [0, 0.05) is 33.5 Å². The Morgan fingerprint density at radius 3 is 2.36 bits per heavy atom. The van der Waals surface area contributed by atoms with E-state index in [0.717, 1.165) is 0 Å². The van der Waals surface area contributed by atoms with E-state index in [0.29, 0.717) is 6.42 Å². The second kappa shape index (κ2) is 9.95. The number of cyclic esters (lactones) is 1. The maximum Gasteiger partial charge on any atom is 0.330 e. The van der Waals surface area contributed by atoms with Gasteiger partial charge in [-0.3, -0.25) is 9.59 Å². The van der Waals surface area contributed by atoms with Crippen LogP contribution in [0.5, 0.6) is 0 Å². The van der Waals surface area contributed by atoms with Crippen LogP contribution < -0.4 is 0 Å². The largest absolute Gasteiger partial charge is 0.459 e. The molecule has 8 heteroatoms. The van der Waals surface area contributed by atoms with Crippen molar-refractivity contribution < 1.29 is 38.4 Å². The molecule has 0 radical (unpaired) electrons. The van der Waals surface area contributed by atoms with Gasteiger partial charge in [0.05, 0.1) is 0 Å². The molecule has 1 aliphatic rings. The van der Waals surface area contributed by atoms with Crippen LogP contribution in [0.3, 0.4) is 0 Å². The molecule has 1 N–H and O–H groups in total. The van der Waals surface area contributed by atoms with Crippen molar-refractivity contribution in [3.63, 3.8) is 0 Å². The molecule has 1 aliphatic heterocycles. The van der Waals surface area contributed by atoms with Crippen LogP contribution in [0.25, 0.3) is 0 Å². The minimum Gasteiger partial charge on any atom is -0.459 e. The second-order valence-electron chi connectivity index (χ2n) is 5.58. The lowest BCUT2D eigenvalue weighted by atomic mass is 10.0. The molecule has 1 heterocycles. The van der Waals surface area contributed by atoms with Crippen molar-refractivity contribution in [1.82, 2.24) is 0 Å². The molecule has 0 aliphatic carbocycles. The van der Waals surface area contributed by atoms with Crippen LogP contribution in [0.4, 0.5) is 0 Å². The van der Waals surface area contributed by atoms with Crippen LogP contribution in [-0.4, -0.2) is 60.6 Å². The molecule has 0 unspecified atom stereocenters. The predicted octanol–water partition coefficient (Wildman–Crippen LogP) is 0.673. The Kier molecular flexibility index (Phi) is 8.30. The van der Waals surface area contributed by atoms with Gasteiger partial charge in [0.2, 0.25) is 0 Å². The van der Waals surface area contributed by atoms with Crippen molar-refractivity contribution in [1.29, 1.82) is 0 Å². The van der Waals surface area contributed by atoms with E-state index >= 15 is 0 Å². The molecule has 0 fully saturated rings. The van der Waals surface area contributed by atoms with Crippen LogP contribution in [0, 0.1) is 0 Å². The molecule has 0 amide bonds. The van der Waals surface area contributed by atoms with Gasteiger partial charge in [-0.25, -0.2) is 4.79 Å². The molecule has 1 rings (SSSR count). The van der Waals surface area contributed by atoms with E-state index in [4.69, 9.17) is 18.9 Å². The average Bonchev–Trinajstić information content (AvgIpc) is 2.53. The molecule has 0 aromatic rings. The summed E-state index contributed by atoms with van der Waals surface area (Å²) in [4.78, 5) is 33.6. The van der Waals surface area contributed by atoms with Gasteiger partial charge < -0.3 is 24.1 Å². The Balaban J connectivity index is 2.82. The molecule has 0 saturated carbocycles. The molecule has 25 heavy (non-hydrogen) atoms. The van der Waals surface area contributed by atoms with E-state index in [1.807, 2.05) is 0 Å². The highest BCUT2D eigenvalue weighted by Crippen LogP contribution is 2.17. The first kappa shape index (κ1) is 20.9. The Bertz CT molecular complexity index is 539. The number of aliphatic hydroxyl groups is 1. The van der Waals surface area contributed by atoms with Gasteiger partial charge in [-0.1, -0.05) is 12.2 Å². The minimum atomic E-state index is -1.11. The number of hydrogen-bond acceptors (Lipinski definition) is 8. The van der Waals surface area contributed by atoms with Crippen molar-refractivity contribution in [3.05, 3.63) is 24.3 Å². The smallest absolute Gasteiger partial charge is 0.330 e. The maximum atomic E-state index is 11.3. The van der Waals surface area contributed by atoms with Gasteiger partial charge >= 0.3 is 17.9 Å². The van der Waals surface area contributed by atoms with Gasteiger partial charge in [0.25, 0.3) is 0 Å². The maximum absolute atomic E-state index is 11.3. The summed E-state index contributed by atoms with van der Waals surface area (Å²) in [5.41, 5.74) is 0. The summed E-state index contributed by atoms with van der Waals surface area (Å²) in [6.07, 6.45) is 1.96. The quantitative estimate of drug-likeness (QED) is 0.384. The van der Waals surface area contributed by atoms with E-state index < -0.39 is 48.4 Å². The number of aliphatic hydroxyl groups excluding tert-OH is 1. The summed E-state index contributed by atoms with van der Waals surface area (Å²) in [7, 11) is 1.38. The topological polar surface area (TPSA) is 108 Å². The predicted molar refractivity (Wildman–Crippen MR) is 86.4 cm³/mol. The SMILES string of the molecule is CO[C@@H](/C=C/[C@@H](OC(C)=O)[C@H](C)OC(C)=O)[C@H](O)[C@@H]1CC=CC(=O)O1. The number of hydrogen-bond donors (Lipinski definition) is 1. The van der Waals surface area contributed by atoms with E-state index in [1.165, 1.54) is 39.2 Å². The molecular weight excluding hydrogens is 332 g/mol. The Morgan fingerprint density at radius 1 is 1.24 bits per heavy atom. The minimum absolute atomic E-state index is 0.359. The van der Waals surface area contributed by atoms with Gasteiger partial charge in [-0.15, -0.1) is 0 Å². The molecular formula is C17H24O8. The van der Waals surface area contributed by atoms with Crippen LogP contribution in [-0.2, 0) is 33.3 Å². The molecule has 0 spiro atoms. The standard InChI is InChI=1S/C17H24O8/c1-10(23-11(2)18)13(24-12(3)19)8-9-14(22-4)17(21)15-6-5-7-16(20)25-15/h5,7-10,13-15,17,21H,6H2,1-4H3/b9-8+/t10-,13+,14-,15-,17-/m0/s1. The lowest BCUT2D eigenvalue weighted by molar-refractivity contribution is -0.160. The zero-order valence-electron chi connectivity index (χ0n) is 14.7. The Morgan fingerprint density at radius 2 is 1.84 bits per heavy atom. The third kappa shape index (κ3) is 7.06. The second-order valence-corrected chi connectivity index (χ2v) is 5.58. The van der Waals surface area contributed by atoms with Gasteiger partial charge in [-0.05, 0) is 13.0 Å². The van der Waals surface area contributed by atoms with Crippen molar-refractivity contribution >= 4 is 17.9 Å². The summed E-state index contributed by atoms with van der Waals surface area (Å²) in [6.45, 7) is 4.06. The molecule has 0 aromatic carbocycles. The highest BCUT2D eigenvalue weighted by molar-refractivity contribution is 5.82. The summed E-state index contributed by atoms with van der Waals surface area (Å²) in [6, 6.07) is 0. The first-order valence-corrected chi connectivity index (χ1v) is 7.85. The number of methoxy groups -OCH3 is 1. The van der Waals surface area contributed by atoms with E-state index in [1.54, 1.807) is 13.0 Å². The molecule has 0 aromatic heterocycles. The molecule has 0 saturated heterocycles. The lowest BCUT2D eigenvalue weighted by Crippen LogP contribution is -2.41. The molecule has 8 nitrogen and oxygen atoms in total. The zero-order chi connectivity index (χ0) is 19.0. The summed E-state index contributed by atoms with van der Waals surface area (Å²) < 4.78 is 20.4. The van der Waals surface area contributed by atoms with Gasteiger partial charge in [-0.2, -0.15) is 0 Å². The van der Waals surface area contributed by atoms with Crippen LogP contribution >= 0.6 is 0 Å². The number of rotatable bonds is 8. The first-order valence-electron chi connectivity index (χ1n) is 7.85. The van der Waals surface area contributed by atoms with Gasteiger partial charge in [0.1, 0.15) is 24.4 Å².